The molecule has 0 bridgehead atoms. The summed E-state index contributed by atoms with van der Waals surface area (Å²) in [5, 5.41) is 4.22. The molecule has 0 saturated heterocycles. The lowest BCUT2D eigenvalue weighted by atomic mass is 10.0. The Morgan fingerprint density at radius 3 is 2.35 bits per heavy atom. The van der Waals surface area contributed by atoms with Gasteiger partial charge in [-0.25, -0.2) is 4.39 Å². The van der Waals surface area contributed by atoms with Crippen LogP contribution in [0.1, 0.15) is 31.0 Å². The predicted molar refractivity (Wildman–Crippen MR) is 82.6 cm³/mol. The van der Waals surface area contributed by atoms with Crippen LogP contribution in [0.4, 0.5) is 4.39 Å². The summed E-state index contributed by atoms with van der Waals surface area (Å²) in [7, 11) is 0. The van der Waals surface area contributed by atoms with Crippen molar-refractivity contribution in [1.82, 2.24) is 5.32 Å². The van der Waals surface area contributed by atoms with Crippen molar-refractivity contribution in [2.45, 2.75) is 32.4 Å². The van der Waals surface area contributed by atoms with Gasteiger partial charge in [-0.1, -0.05) is 41.9 Å². The van der Waals surface area contributed by atoms with E-state index < -0.39 is 0 Å². The molecule has 0 amide bonds. The first kappa shape index (κ1) is 15.0. The molecular formula is C17H19ClFN. The summed E-state index contributed by atoms with van der Waals surface area (Å²) >= 11 is 5.88. The van der Waals surface area contributed by atoms with E-state index >= 15 is 0 Å². The van der Waals surface area contributed by atoms with Crippen LogP contribution in [-0.2, 0) is 6.42 Å². The van der Waals surface area contributed by atoms with E-state index in [9.17, 15) is 4.39 Å². The number of nitrogens with one attached hydrogen (secondary N) is 1. The molecule has 3 heteroatoms. The van der Waals surface area contributed by atoms with Gasteiger partial charge in [-0.15, -0.1) is 0 Å². The van der Waals surface area contributed by atoms with Crippen molar-refractivity contribution in [3.8, 4) is 0 Å². The largest absolute Gasteiger partial charge is 0.307 e. The van der Waals surface area contributed by atoms with Crippen molar-refractivity contribution in [3.05, 3.63) is 70.5 Å². The SMILES string of the molecule is CC(Cc1ccccc1F)N[C@H](C)c1ccc(Cl)cc1. The first-order valence-electron chi connectivity index (χ1n) is 6.81. The summed E-state index contributed by atoms with van der Waals surface area (Å²) in [6.45, 7) is 4.17. The fourth-order valence-electron chi connectivity index (χ4n) is 2.33. The molecule has 0 saturated carbocycles. The molecular weight excluding hydrogens is 273 g/mol. The Hall–Kier alpha value is -1.38. The molecule has 2 atom stereocenters. The Morgan fingerprint density at radius 1 is 1.05 bits per heavy atom. The summed E-state index contributed by atoms with van der Waals surface area (Å²) in [5.74, 6) is -0.139. The topological polar surface area (TPSA) is 12.0 Å². The average Bonchev–Trinajstić information content (AvgIpc) is 2.42. The van der Waals surface area contributed by atoms with Crippen LogP contribution < -0.4 is 5.32 Å². The van der Waals surface area contributed by atoms with Crippen LogP contribution in [0.2, 0.25) is 5.02 Å². The Kier molecular flexibility index (Phi) is 5.16. The van der Waals surface area contributed by atoms with Gasteiger partial charge in [0, 0.05) is 17.1 Å². The lowest BCUT2D eigenvalue weighted by molar-refractivity contribution is 0.469. The third-order valence-corrected chi connectivity index (χ3v) is 3.64. The number of rotatable bonds is 5. The van der Waals surface area contributed by atoms with Crippen LogP contribution in [-0.4, -0.2) is 6.04 Å². The van der Waals surface area contributed by atoms with E-state index in [1.54, 1.807) is 6.07 Å². The van der Waals surface area contributed by atoms with E-state index in [-0.39, 0.29) is 17.9 Å². The van der Waals surface area contributed by atoms with Crippen molar-refractivity contribution < 1.29 is 4.39 Å². The van der Waals surface area contributed by atoms with E-state index in [2.05, 4.69) is 19.2 Å². The van der Waals surface area contributed by atoms with Crippen molar-refractivity contribution in [1.29, 1.82) is 0 Å². The standard InChI is InChI=1S/C17H19ClFN/c1-12(11-15-5-3-4-6-17(15)19)20-13(2)14-7-9-16(18)10-8-14/h3-10,12-13,20H,11H2,1-2H3/t12?,13-/m1/s1. The minimum absolute atomic E-state index is 0.139. The zero-order valence-corrected chi connectivity index (χ0v) is 12.5. The molecule has 0 heterocycles. The van der Waals surface area contributed by atoms with Crippen LogP contribution in [0.15, 0.2) is 48.5 Å². The molecule has 1 unspecified atom stereocenters. The minimum Gasteiger partial charge on any atom is -0.307 e. The molecule has 0 aliphatic carbocycles. The van der Waals surface area contributed by atoms with E-state index in [0.717, 1.165) is 10.6 Å². The van der Waals surface area contributed by atoms with E-state index in [1.165, 1.54) is 11.6 Å². The molecule has 2 aromatic rings. The smallest absolute Gasteiger partial charge is 0.126 e. The molecule has 106 valence electrons. The van der Waals surface area contributed by atoms with Crippen LogP contribution >= 0.6 is 11.6 Å². The lowest BCUT2D eigenvalue weighted by Crippen LogP contribution is -2.31. The average molecular weight is 292 g/mol. The van der Waals surface area contributed by atoms with Crippen molar-refractivity contribution in [2.24, 2.45) is 0 Å². The quantitative estimate of drug-likeness (QED) is 0.837. The molecule has 1 N–H and O–H groups in total. The molecule has 0 aromatic heterocycles. The van der Waals surface area contributed by atoms with Crippen molar-refractivity contribution >= 4 is 11.6 Å². The fraction of sp³-hybridized carbons (Fsp3) is 0.294. The van der Waals surface area contributed by atoms with Crippen LogP contribution in [0.25, 0.3) is 0 Å². The maximum atomic E-state index is 13.6. The summed E-state index contributed by atoms with van der Waals surface area (Å²) in [6.07, 6.45) is 0.671. The summed E-state index contributed by atoms with van der Waals surface area (Å²) in [5.41, 5.74) is 1.92. The molecule has 0 radical (unpaired) electrons. The molecule has 20 heavy (non-hydrogen) atoms. The lowest BCUT2D eigenvalue weighted by Gasteiger charge is -2.20. The molecule has 2 aromatic carbocycles. The van der Waals surface area contributed by atoms with Crippen molar-refractivity contribution in [3.63, 3.8) is 0 Å². The number of benzene rings is 2. The molecule has 1 nitrogen and oxygen atoms in total. The fourth-order valence-corrected chi connectivity index (χ4v) is 2.45. The number of halogens is 2. The van der Waals surface area contributed by atoms with Gasteiger partial charge in [-0.2, -0.15) is 0 Å². The van der Waals surface area contributed by atoms with Gasteiger partial charge in [0.05, 0.1) is 0 Å². The second kappa shape index (κ2) is 6.87. The molecule has 0 aliphatic heterocycles. The highest BCUT2D eigenvalue weighted by atomic mass is 35.5. The van der Waals surface area contributed by atoms with Gasteiger partial charge in [-0.05, 0) is 49.6 Å². The first-order valence-corrected chi connectivity index (χ1v) is 7.19. The highest BCUT2D eigenvalue weighted by molar-refractivity contribution is 6.30. The van der Waals surface area contributed by atoms with Gasteiger partial charge in [0.15, 0.2) is 0 Å². The summed E-state index contributed by atoms with van der Waals surface area (Å²) in [6, 6.07) is 15.1. The van der Waals surface area contributed by atoms with Crippen LogP contribution in [0.5, 0.6) is 0 Å². The van der Waals surface area contributed by atoms with Gasteiger partial charge in [0.25, 0.3) is 0 Å². The van der Waals surface area contributed by atoms with Gasteiger partial charge >= 0.3 is 0 Å². The van der Waals surface area contributed by atoms with E-state index in [4.69, 9.17) is 11.6 Å². The number of hydrogen-bond donors (Lipinski definition) is 1. The van der Waals surface area contributed by atoms with Gasteiger partial charge in [0.1, 0.15) is 5.82 Å². The van der Waals surface area contributed by atoms with Gasteiger partial charge in [0.2, 0.25) is 0 Å². The highest BCUT2D eigenvalue weighted by Crippen LogP contribution is 2.17. The monoisotopic (exact) mass is 291 g/mol. The molecule has 0 spiro atoms. The summed E-state index contributed by atoms with van der Waals surface area (Å²) < 4.78 is 13.6. The Bertz CT molecular complexity index is 553. The highest BCUT2D eigenvalue weighted by Gasteiger charge is 2.11. The Labute approximate surface area is 124 Å². The predicted octanol–water partition coefficient (Wildman–Crippen LogP) is 4.76. The van der Waals surface area contributed by atoms with E-state index in [1.807, 2.05) is 36.4 Å². The third-order valence-electron chi connectivity index (χ3n) is 3.39. The van der Waals surface area contributed by atoms with Crippen LogP contribution in [0, 0.1) is 5.82 Å². The first-order chi connectivity index (χ1) is 9.56. The van der Waals surface area contributed by atoms with E-state index in [0.29, 0.717) is 6.42 Å². The second-order valence-corrected chi connectivity index (χ2v) is 5.57. The molecule has 0 aliphatic rings. The minimum atomic E-state index is -0.139. The number of hydrogen-bond acceptors (Lipinski definition) is 1. The van der Waals surface area contributed by atoms with Gasteiger partial charge < -0.3 is 5.32 Å². The Balaban J connectivity index is 1.96. The maximum absolute atomic E-state index is 13.6. The second-order valence-electron chi connectivity index (χ2n) is 5.14. The zero-order valence-electron chi connectivity index (χ0n) is 11.7. The zero-order chi connectivity index (χ0) is 14.5. The molecule has 0 fully saturated rings. The maximum Gasteiger partial charge on any atom is 0.126 e. The third kappa shape index (κ3) is 4.06. The normalized spacial score (nSPS) is 14.0. The van der Waals surface area contributed by atoms with Gasteiger partial charge in [-0.3, -0.25) is 0 Å². The Morgan fingerprint density at radius 2 is 1.70 bits per heavy atom. The molecule has 2 rings (SSSR count). The van der Waals surface area contributed by atoms with Crippen LogP contribution in [0.3, 0.4) is 0 Å². The van der Waals surface area contributed by atoms with Crippen molar-refractivity contribution in [2.75, 3.05) is 0 Å². The summed E-state index contributed by atoms with van der Waals surface area (Å²) in [4.78, 5) is 0.